The molecule has 1 atom stereocenters. The van der Waals surface area contributed by atoms with Gasteiger partial charge in [0.15, 0.2) is 5.78 Å². The third-order valence-electron chi connectivity index (χ3n) is 3.70. The number of carbonyl (C=O) groups excluding carboxylic acids is 1. The van der Waals surface area contributed by atoms with Crippen LogP contribution in [-0.4, -0.2) is 36.1 Å². The number of Topliss-reactive ketones (excluding diaryl/α,β-unsaturated/α-hetero) is 1. The largest absolute Gasteiger partial charge is 0.293 e. The Bertz CT molecular complexity index is 401. The molecule has 2 nitrogen and oxygen atoms in total. The summed E-state index contributed by atoms with van der Waals surface area (Å²) in [4.78, 5) is 15.7. The van der Waals surface area contributed by atoms with Gasteiger partial charge in [0.05, 0.1) is 6.54 Å². The van der Waals surface area contributed by atoms with Gasteiger partial charge in [0, 0.05) is 16.5 Å². The van der Waals surface area contributed by atoms with Crippen LogP contribution in [0.25, 0.3) is 0 Å². The fraction of sp³-hybridized carbons (Fsp3) is 0.533. The number of hydrogen-bond acceptors (Lipinski definition) is 3. The van der Waals surface area contributed by atoms with Crippen molar-refractivity contribution in [3.63, 3.8) is 0 Å². The summed E-state index contributed by atoms with van der Waals surface area (Å²) in [6.07, 6.45) is 5.79. The van der Waals surface area contributed by atoms with E-state index in [-0.39, 0.29) is 5.78 Å². The lowest BCUT2D eigenvalue weighted by atomic mass is 10.0. The van der Waals surface area contributed by atoms with Crippen molar-refractivity contribution in [2.45, 2.75) is 37.1 Å². The predicted octanol–water partition coefficient (Wildman–Crippen LogP) is 3.47. The Morgan fingerprint density at radius 3 is 2.67 bits per heavy atom. The van der Waals surface area contributed by atoms with E-state index in [1.165, 1.54) is 24.2 Å². The van der Waals surface area contributed by atoms with Crippen molar-refractivity contribution < 1.29 is 4.79 Å². The number of piperidine rings is 1. The molecular weight excluding hydrogens is 242 g/mol. The molecule has 2 rings (SSSR count). The van der Waals surface area contributed by atoms with Gasteiger partial charge in [-0.2, -0.15) is 0 Å². The molecule has 1 saturated heterocycles. The van der Waals surface area contributed by atoms with E-state index in [9.17, 15) is 4.79 Å². The van der Waals surface area contributed by atoms with Crippen LogP contribution < -0.4 is 0 Å². The molecule has 1 aromatic rings. The third-order valence-corrected chi connectivity index (χ3v) is 4.44. The molecule has 0 aliphatic carbocycles. The maximum absolute atomic E-state index is 12.2. The Hall–Kier alpha value is -0.800. The summed E-state index contributed by atoms with van der Waals surface area (Å²) in [5.74, 6) is 0.247. The van der Waals surface area contributed by atoms with Gasteiger partial charge >= 0.3 is 0 Å². The van der Waals surface area contributed by atoms with Crippen LogP contribution >= 0.6 is 11.8 Å². The second-order valence-corrected chi connectivity index (χ2v) is 5.85. The molecule has 3 heteroatoms. The van der Waals surface area contributed by atoms with Gasteiger partial charge in [-0.1, -0.05) is 18.6 Å². The minimum atomic E-state index is 0.247. The highest BCUT2D eigenvalue weighted by atomic mass is 32.2. The zero-order valence-electron chi connectivity index (χ0n) is 11.2. The number of ketones is 1. The van der Waals surface area contributed by atoms with E-state index in [0.29, 0.717) is 12.6 Å². The monoisotopic (exact) mass is 263 g/mol. The first-order valence-corrected chi connectivity index (χ1v) is 7.84. The van der Waals surface area contributed by atoms with Crippen LogP contribution in [0.3, 0.4) is 0 Å². The van der Waals surface area contributed by atoms with Crippen LogP contribution in [0, 0.1) is 0 Å². The molecule has 1 unspecified atom stereocenters. The second-order valence-electron chi connectivity index (χ2n) is 4.97. The third kappa shape index (κ3) is 3.36. The zero-order chi connectivity index (χ0) is 13.0. The molecule has 98 valence electrons. The summed E-state index contributed by atoms with van der Waals surface area (Å²) in [6, 6.07) is 8.49. The van der Waals surface area contributed by atoms with Crippen LogP contribution in [0.2, 0.25) is 0 Å². The van der Waals surface area contributed by atoms with Crippen molar-refractivity contribution >= 4 is 17.5 Å². The first-order chi connectivity index (χ1) is 8.70. The second kappa shape index (κ2) is 6.39. The number of hydrogen-bond donors (Lipinski definition) is 0. The molecule has 0 saturated carbocycles. The summed E-state index contributed by atoms with van der Waals surface area (Å²) >= 11 is 1.70. The number of nitrogens with zero attached hydrogens (tertiary/aromatic N) is 1. The van der Waals surface area contributed by atoms with Crippen LogP contribution in [0.4, 0.5) is 0 Å². The highest BCUT2D eigenvalue weighted by molar-refractivity contribution is 7.98. The summed E-state index contributed by atoms with van der Waals surface area (Å²) in [5.41, 5.74) is 0.838. The quantitative estimate of drug-likeness (QED) is 0.613. The molecule has 0 spiro atoms. The SMILES string of the molecule is CSc1ccc(C(=O)CN2CCCCC2C)cc1. The summed E-state index contributed by atoms with van der Waals surface area (Å²) in [6.45, 7) is 3.86. The van der Waals surface area contributed by atoms with Gasteiger partial charge in [0.25, 0.3) is 0 Å². The zero-order valence-corrected chi connectivity index (χ0v) is 12.0. The van der Waals surface area contributed by atoms with Crippen LogP contribution in [-0.2, 0) is 0 Å². The Kier molecular flexibility index (Phi) is 4.84. The minimum absolute atomic E-state index is 0.247. The maximum Gasteiger partial charge on any atom is 0.176 e. The molecule has 1 aromatic carbocycles. The fourth-order valence-electron chi connectivity index (χ4n) is 2.45. The van der Waals surface area contributed by atoms with Crippen LogP contribution in [0.15, 0.2) is 29.2 Å². The average Bonchev–Trinajstić information content (AvgIpc) is 2.41. The molecule has 1 aliphatic heterocycles. The number of rotatable bonds is 4. The van der Waals surface area contributed by atoms with Crippen LogP contribution in [0.1, 0.15) is 36.5 Å². The fourth-order valence-corrected chi connectivity index (χ4v) is 2.85. The maximum atomic E-state index is 12.2. The van der Waals surface area contributed by atoms with Gasteiger partial charge in [-0.3, -0.25) is 9.69 Å². The molecule has 0 N–H and O–H groups in total. The van der Waals surface area contributed by atoms with Crippen molar-refractivity contribution in [3.8, 4) is 0 Å². The number of likely N-dealkylation sites (tertiary alicyclic amines) is 1. The lowest BCUT2D eigenvalue weighted by Gasteiger charge is -2.32. The Balaban J connectivity index is 1.97. The van der Waals surface area contributed by atoms with E-state index in [1.807, 2.05) is 30.5 Å². The minimum Gasteiger partial charge on any atom is -0.293 e. The molecule has 1 fully saturated rings. The summed E-state index contributed by atoms with van der Waals surface area (Å²) in [5, 5.41) is 0. The molecule has 0 radical (unpaired) electrons. The lowest BCUT2D eigenvalue weighted by Crippen LogP contribution is -2.40. The van der Waals surface area contributed by atoms with Gasteiger partial charge < -0.3 is 0 Å². The molecule has 0 aromatic heterocycles. The molecular formula is C15H21NOS. The first kappa shape index (κ1) is 13.6. The normalized spacial score (nSPS) is 20.9. The van der Waals surface area contributed by atoms with Gasteiger partial charge in [-0.05, 0) is 44.7 Å². The first-order valence-electron chi connectivity index (χ1n) is 6.62. The van der Waals surface area contributed by atoms with Gasteiger partial charge in [-0.25, -0.2) is 0 Å². The van der Waals surface area contributed by atoms with E-state index in [1.54, 1.807) is 11.8 Å². The number of benzene rings is 1. The van der Waals surface area contributed by atoms with Crippen molar-refractivity contribution in [1.82, 2.24) is 4.90 Å². The molecule has 1 aliphatic rings. The molecule has 0 amide bonds. The van der Waals surface area contributed by atoms with Gasteiger partial charge in [0.2, 0.25) is 0 Å². The number of thioether (sulfide) groups is 1. The summed E-state index contributed by atoms with van der Waals surface area (Å²) in [7, 11) is 0. The van der Waals surface area contributed by atoms with Gasteiger partial charge in [0.1, 0.15) is 0 Å². The van der Waals surface area contributed by atoms with E-state index in [4.69, 9.17) is 0 Å². The molecule has 0 bridgehead atoms. The predicted molar refractivity (Wildman–Crippen MR) is 77.4 cm³/mol. The average molecular weight is 263 g/mol. The summed E-state index contributed by atoms with van der Waals surface area (Å²) < 4.78 is 0. The van der Waals surface area contributed by atoms with E-state index < -0.39 is 0 Å². The van der Waals surface area contributed by atoms with Gasteiger partial charge in [-0.15, -0.1) is 11.8 Å². The standard InChI is InChI=1S/C15H21NOS/c1-12-5-3-4-10-16(12)11-15(17)13-6-8-14(18-2)9-7-13/h6-9,12H,3-5,10-11H2,1-2H3. The molecule has 1 heterocycles. The lowest BCUT2D eigenvalue weighted by molar-refractivity contribution is 0.0860. The molecule has 18 heavy (non-hydrogen) atoms. The van der Waals surface area contributed by atoms with E-state index >= 15 is 0 Å². The highest BCUT2D eigenvalue weighted by Gasteiger charge is 2.20. The Morgan fingerprint density at radius 1 is 1.33 bits per heavy atom. The van der Waals surface area contributed by atoms with Crippen molar-refractivity contribution in [3.05, 3.63) is 29.8 Å². The van der Waals surface area contributed by atoms with Crippen LogP contribution in [0.5, 0.6) is 0 Å². The van der Waals surface area contributed by atoms with Crippen molar-refractivity contribution in [2.24, 2.45) is 0 Å². The highest BCUT2D eigenvalue weighted by Crippen LogP contribution is 2.18. The Morgan fingerprint density at radius 2 is 2.06 bits per heavy atom. The van der Waals surface area contributed by atoms with E-state index in [0.717, 1.165) is 12.1 Å². The topological polar surface area (TPSA) is 20.3 Å². The van der Waals surface area contributed by atoms with E-state index in [2.05, 4.69) is 11.8 Å². The van der Waals surface area contributed by atoms with Crippen molar-refractivity contribution in [2.75, 3.05) is 19.3 Å². The smallest absolute Gasteiger partial charge is 0.176 e. The Labute approximate surface area is 114 Å². The number of carbonyl (C=O) groups is 1. The van der Waals surface area contributed by atoms with Crippen molar-refractivity contribution in [1.29, 1.82) is 0 Å².